The van der Waals surface area contributed by atoms with Gasteiger partial charge in [-0.25, -0.2) is 4.85 Å². The normalized spacial score (nSPS) is 16.9. The number of hydrogen-bond acceptors (Lipinski definition) is 3. The summed E-state index contributed by atoms with van der Waals surface area (Å²) >= 11 is 0. The van der Waals surface area contributed by atoms with E-state index in [2.05, 4.69) is 20.0 Å². The van der Waals surface area contributed by atoms with Crippen molar-refractivity contribution in [3.05, 3.63) is 71.8 Å². The number of aromatic amines is 1. The lowest BCUT2D eigenvalue weighted by molar-refractivity contribution is -0.123. The van der Waals surface area contributed by atoms with E-state index in [4.69, 9.17) is 6.57 Å². The summed E-state index contributed by atoms with van der Waals surface area (Å²) in [6.07, 6.45) is 5.99. The molecule has 1 fully saturated rings. The molecule has 2 aromatic heterocycles. The van der Waals surface area contributed by atoms with E-state index in [9.17, 15) is 4.79 Å². The van der Waals surface area contributed by atoms with Crippen LogP contribution in [0.25, 0.3) is 16.1 Å². The fourth-order valence-electron chi connectivity index (χ4n) is 3.49. The van der Waals surface area contributed by atoms with Crippen molar-refractivity contribution in [1.82, 2.24) is 15.2 Å². The van der Waals surface area contributed by atoms with Gasteiger partial charge < -0.3 is 0 Å². The number of benzene rings is 1. The van der Waals surface area contributed by atoms with Crippen LogP contribution in [0.3, 0.4) is 0 Å². The minimum absolute atomic E-state index is 0.0568. The fraction of sp³-hybridized carbons (Fsp3) is 0.238. The minimum atomic E-state index is -0.0568. The van der Waals surface area contributed by atoms with Crippen molar-refractivity contribution in [2.75, 3.05) is 11.4 Å². The highest BCUT2D eigenvalue weighted by atomic mass is 16.2. The van der Waals surface area contributed by atoms with Crippen molar-refractivity contribution in [2.24, 2.45) is 5.92 Å². The van der Waals surface area contributed by atoms with E-state index in [1.165, 1.54) is 0 Å². The molecule has 134 valence electrons. The van der Waals surface area contributed by atoms with E-state index in [-0.39, 0.29) is 11.8 Å². The Hall–Kier alpha value is -3.46. The van der Waals surface area contributed by atoms with Crippen LogP contribution in [0.4, 0.5) is 11.5 Å². The first-order valence-corrected chi connectivity index (χ1v) is 8.98. The Morgan fingerprint density at radius 1 is 1.19 bits per heavy atom. The molecule has 0 saturated carbocycles. The topological polar surface area (TPSA) is 66.2 Å². The van der Waals surface area contributed by atoms with Crippen molar-refractivity contribution in [2.45, 2.75) is 19.3 Å². The molecule has 1 aliphatic rings. The van der Waals surface area contributed by atoms with E-state index in [1.807, 2.05) is 42.5 Å². The Morgan fingerprint density at radius 2 is 1.96 bits per heavy atom. The number of piperidine rings is 1. The number of amides is 1. The molecule has 0 radical (unpaired) electrons. The van der Waals surface area contributed by atoms with Gasteiger partial charge in [0.05, 0.1) is 12.3 Å². The van der Waals surface area contributed by atoms with Gasteiger partial charge in [-0.05, 0) is 37.0 Å². The second-order valence-electron chi connectivity index (χ2n) is 6.69. The molecule has 4 rings (SSSR count). The molecule has 1 aromatic carbocycles. The maximum atomic E-state index is 13.0. The van der Waals surface area contributed by atoms with Gasteiger partial charge in [0, 0.05) is 36.5 Å². The van der Waals surface area contributed by atoms with E-state index >= 15 is 0 Å². The molecular formula is C21H19N5O. The molecule has 3 aromatic rings. The lowest BCUT2D eigenvalue weighted by Gasteiger charge is -2.30. The van der Waals surface area contributed by atoms with E-state index in [0.29, 0.717) is 24.5 Å². The molecule has 1 atom stereocenters. The summed E-state index contributed by atoms with van der Waals surface area (Å²) < 4.78 is 0. The highest BCUT2D eigenvalue weighted by Gasteiger charge is 2.31. The van der Waals surface area contributed by atoms with Gasteiger partial charge >= 0.3 is 0 Å². The van der Waals surface area contributed by atoms with Gasteiger partial charge in [0.2, 0.25) is 5.91 Å². The number of H-pyrrole nitrogens is 1. The molecule has 1 amide bonds. The minimum Gasteiger partial charge on any atom is -0.295 e. The molecule has 1 saturated heterocycles. The summed E-state index contributed by atoms with van der Waals surface area (Å²) in [7, 11) is 0. The summed E-state index contributed by atoms with van der Waals surface area (Å²) in [6.45, 7) is 7.72. The average Bonchev–Trinajstić information content (AvgIpc) is 3.21. The Kier molecular flexibility index (Phi) is 4.67. The summed E-state index contributed by atoms with van der Waals surface area (Å²) in [5.41, 5.74) is 3.57. The number of nitrogens with zero attached hydrogens (tertiary/aromatic N) is 4. The van der Waals surface area contributed by atoms with Gasteiger partial charge in [0.25, 0.3) is 0 Å². The maximum absolute atomic E-state index is 13.0. The molecule has 27 heavy (non-hydrogen) atoms. The third-order valence-corrected chi connectivity index (χ3v) is 4.93. The van der Waals surface area contributed by atoms with Crippen LogP contribution in [0.1, 0.15) is 18.4 Å². The zero-order valence-electron chi connectivity index (χ0n) is 14.8. The van der Waals surface area contributed by atoms with E-state index in [1.54, 1.807) is 17.3 Å². The van der Waals surface area contributed by atoms with Gasteiger partial charge in [-0.3, -0.25) is 19.8 Å². The number of aromatic nitrogens is 3. The Morgan fingerprint density at radius 3 is 2.70 bits per heavy atom. The Balaban J connectivity index is 1.50. The van der Waals surface area contributed by atoms with Gasteiger partial charge in [0.15, 0.2) is 11.5 Å². The standard InChI is InChI=1S/C21H19N5O/c1-22-18-6-4-15(5-7-18)13-17-3-2-12-26(21(17)27)20-14-19(24-25-20)16-8-10-23-11-9-16/h4-11,14,17H,2-3,12-13H2,(H,24,25). The second-order valence-corrected chi connectivity index (χ2v) is 6.69. The summed E-state index contributed by atoms with van der Waals surface area (Å²) in [5.74, 6) is 0.724. The van der Waals surface area contributed by atoms with Gasteiger partial charge in [-0.15, -0.1) is 0 Å². The van der Waals surface area contributed by atoms with Gasteiger partial charge in [-0.2, -0.15) is 5.10 Å². The van der Waals surface area contributed by atoms with Gasteiger partial charge in [0.1, 0.15) is 0 Å². The number of hydrogen-bond donors (Lipinski definition) is 1. The molecular weight excluding hydrogens is 338 g/mol. The molecule has 0 spiro atoms. The Labute approximate surface area is 157 Å². The first-order chi connectivity index (χ1) is 13.2. The first-order valence-electron chi connectivity index (χ1n) is 8.98. The van der Waals surface area contributed by atoms with Crippen molar-refractivity contribution >= 4 is 17.4 Å². The van der Waals surface area contributed by atoms with Crippen LogP contribution >= 0.6 is 0 Å². The maximum Gasteiger partial charge on any atom is 0.231 e. The predicted octanol–water partition coefficient (Wildman–Crippen LogP) is 4.01. The van der Waals surface area contributed by atoms with Crippen molar-refractivity contribution in [3.8, 4) is 11.3 Å². The number of carbonyl (C=O) groups excluding carboxylic acids is 1. The fourth-order valence-corrected chi connectivity index (χ4v) is 3.49. The molecule has 0 bridgehead atoms. The van der Waals surface area contributed by atoms with Crippen LogP contribution in [-0.4, -0.2) is 27.6 Å². The summed E-state index contributed by atoms with van der Waals surface area (Å²) in [5, 5.41) is 7.37. The van der Waals surface area contributed by atoms with Crippen LogP contribution in [-0.2, 0) is 11.2 Å². The van der Waals surface area contributed by atoms with Crippen LogP contribution in [0.2, 0.25) is 0 Å². The predicted molar refractivity (Wildman–Crippen MR) is 103 cm³/mol. The number of carbonyl (C=O) groups is 1. The SMILES string of the molecule is [C-]#[N+]c1ccc(CC2CCCN(c3cc(-c4ccncc4)[nH]n3)C2=O)cc1. The Bertz CT molecular complexity index is 972. The molecule has 1 unspecified atom stereocenters. The molecule has 6 nitrogen and oxygen atoms in total. The van der Waals surface area contributed by atoms with Crippen molar-refractivity contribution in [3.63, 3.8) is 0 Å². The van der Waals surface area contributed by atoms with Crippen molar-refractivity contribution in [1.29, 1.82) is 0 Å². The van der Waals surface area contributed by atoms with E-state index < -0.39 is 0 Å². The summed E-state index contributed by atoms with van der Waals surface area (Å²) in [4.78, 5) is 22.2. The summed E-state index contributed by atoms with van der Waals surface area (Å²) in [6, 6.07) is 13.2. The number of anilines is 1. The highest BCUT2D eigenvalue weighted by Crippen LogP contribution is 2.28. The smallest absolute Gasteiger partial charge is 0.231 e. The van der Waals surface area contributed by atoms with Crippen LogP contribution < -0.4 is 4.90 Å². The number of pyridine rings is 1. The zero-order valence-corrected chi connectivity index (χ0v) is 14.8. The molecule has 3 heterocycles. The lowest BCUT2D eigenvalue weighted by Crippen LogP contribution is -2.42. The lowest BCUT2D eigenvalue weighted by atomic mass is 9.90. The van der Waals surface area contributed by atoms with Crippen LogP contribution in [0, 0.1) is 12.5 Å². The van der Waals surface area contributed by atoms with Crippen LogP contribution in [0.15, 0.2) is 54.9 Å². The second kappa shape index (κ2) is 7.42. The van der Waals surface area contributed by atoms with Crippen LogP contribution in [0.5, 0.6) is 0 Å². The first kappa shape index (κ1) is 17.0. The average molecular weight is 357 g/mol. The van der Waals surface area contributed by atoms with E-state index in [0.717, 1.165) is 29.7 Å². The van der Waals surface area contributed by atoms with Gasteiger partial charge in [-0.1, -0.05) is 24.3 Å². The molecule has 1 aliphatic heterocycles. The third-order valence-electron chi connectivity index (χ3n) is 4.93. The number of rotatable bonds is 4. The molecule has 1 N–H and O–H groups in total. The number of nitrogens with one attached hydrogen (secondary N) is 1. The third kappa shape index (κ3) is 3.58. The molecule has 6 heteroatoms. The largest absolute Gasteiger partial charge is 0.295 e. The highest BCUT2D eigenvalue weighted by molar-refractivity contribution is 5.95. The zero-order chi connectivity index (χ0) is 18.6. The van der Waals surface area contributed by atoms with Crippen molar-refractivity contribution < 1.29 is 4.79 Å². The molecule has 0 aliphatic carbocycles. The monoisotopic (exact) mass is 357 g/mol. The quantitative estimate of drug-likeness (QED) is 0.718.